The monoisotopic (exact) mass is 390 g/mol. The minimum absolute atomic E-state index is 0. The van der Waals surface area contributed by atoms with E-state index >= 15 is 0 Å². The Morgan fingerprint density at radius 2 is 1.28 bits per heavy atom. The van der Waals surface area contributed by atoms with E-state index in [9.17, 15) is 22.6 Å². The summed E-state index contributed by atoms with van der Waals surface area (Å²) in [4.78, 5) is 22.1. The number of unbranched alkanes of at least 4 members (excludes halogenated alkanes) is 9. The van der Waals surface area contributed by atoms with Crippen molar-refractivity contribution in [3.8, 4) is 0 Å². The molecule has 0 heterocycles. The summed E-state index contributed by atoms with van der Waals surface area (Å²) in [5.74, 6) is -3.38. The first-order valence-electron chi connectivity index (χ1n) is 8.59. The third-order valence-corrected chi connectivity index (χ3v) is 5.77. The molecule has 0 aromatic rings. The molecule has 144 valence electrons. The molecule has 0 amide bonds. The van der Waals surface area contributed by atoms with Crippen molar-refractivity contribution < 1.29 is 63.8 Å². The van der Waals surface area contributed by atoms with Gasteiger partial charge in [0.05, 0.1) is 6.42 Å². The molecular formula is C16H31NaO7S. The minimum atomic E-state index is -5.01. The molecule has 0 aromatic carbocycles. The molecule has 0 saturated heterocycles. The Kier molecular flexibility index (Phi) is 15.1. The summed E-state index contributed by atoms with van der Waals surface area (Å²) in [6.45, 7) is 2.16. The summed E-state index contributed by atoms with van der Waals surface area (Å²) in [5.41, 5.74) is 0. The third kappa shape index (κ3) is 10.6. The minimum Gasteiger partial charge on any atom is -1.00 e. The van der Waals surface area contributed by atoms with Gasteiger partial charge in [0, 0.05) is 0 Å². The average Bonchev–Trinajstić information content (AvgIpc) is 2.46. The van der Waals surface area contributed by atoms with Gasteiger partial charge in [0.2, 0.25) is 4.75 Å². The van der Waals surface area contributed by atoms with Crippen LogP contribution >= 0.6 is 0 Å². The second-order valence-corrected chi connectivity index (χ2v) is 8.01. The summed E-state index contributed by atoms with van der Waals surface area (Å²) >= 11 is 0. The van der Waals surface area contributed by atoms with Gasteiger partial charge >= 0.3 is 41.5 Å². The van der Waals surface area contributed by atoms with Gasteiger partial charge in [0.25, 0.3) is 10.1 Å². The van der Waals surface area contributed by atoms with E-state index in [0.717, 1.165) is 25.7 Å². The molecule has 0 spiro atoms. The predicted molar refractivity (Wildman–Crippen MR) is 91.7 cm³/mol. The van der Waals surface area contributed by atoms with Gasteiger partial charge in [-0.1, -0.05) is 71.1 Å². The number of aliphatic carboxylic acids is 2. The smallest absolute Gasteiger partial charge is 1.00 e. The molecule has 3 N–H and O–H groups in total. The number of hydrogen-bond donors (Lipinski definition) is 3. The Hall–Kier alpha value is -0.150. The van der Waals surface area contributed by atoms with Crippen LogP contribution in [-0.4, -0.2) is 39.9 Å². The Bertz CT molecular complexity index is 499. The number of hydrogen-bond acceptors (Lipinski definition) is 4. The molecule has 0 aromatic heterocycles. The molecule has 0 fully saturated rings. The zero-order valence-electron chi connectivity index (χ0n) is 16.4. The first kappa shape index (κ1) is 27.1. The van der Waals surface area contributed by atoms with Crippen molar-refractivity contribution in [2.45, 2.75) is 88.7 Å². The van der Waals surface area contributed by atoms with Crippen LogP contribution < -0.4 is 29.6 Å². The normalized spacial score (nSPS) is 13.7. The van der Waals surface area contributed by atoms with Gasteiger partial charge < -0.3 is 11.6 Å². The number of rotatable bonds is 15. The average molecular weight is 390 g/mol. The molecule has 1 unspecified atom stereocenters. The van der Waals surface area contributed by atoms with Gasteiger partial charge in [-0.2, -0.15) is 8.42 Å². The number of carboxylic acid groups (broad SMARTS) is 2. The summed E-state index contributed by atoms with van der Waals surface area (Å²) in [6.07, 6.45) is 8.27. The molecule has 0 aliphatic heterocycles. The van der Waals surface area contributed by atoms with Gasteiger partial charge in [-0.05, 0) is 6.42 Å². The maximum absolute atomic E-state index is 11.4. The molecule has 25 heavy (non-hydrogen) atoms. The molecule has 0 aliphatic rings. The van der Waals surface area contributed by atoms with Gasteiger partial charge in [0.15, 0.2) is 0 Å². The fraction of sp³-hybridized carbons (Fsp3) is 0.875. The molecule has 0 bridgehead atoms. The van der Waals surface area contributed by atoms with Crippen LogP contribution in [0.25, 0.3) is 0 Å². The number of carbonyl (C=O) groups is 2. The Balaban J connectivity index is -0.00000264. The molecule has 1 atom stereocenters. The van der Waals surface area contributed by atoms with Gasteiger partial charge in [0.1, 0.15) is 0 Å². The van der Waals surface area contributed by atoms with Crippen molar-refractivity contribution in [3.63, 3.8) is 0 Å². The van der Waals surface area contributed by atoms with Crippen molar-refractivity contribution in [2.24, 2.45) is 0 Å². The van der Waals surface area contributed by atoms with E-state index in [0.29, 0.717) is 6.42 Å². The van der Waals surface area contributed by atoms with E-state index in [2.05, 4.69) is 6.92 Å². The van der Waals surface area contributed by atoms with Crippen LogP contribution in [0.3, 0.4) is 0 Å². The molecule has 0 radical (unpaired) electrons. The van der Waals surface area contributed by atoms with E-state index < -0.39 is 39.6 Å². The van der Waals surface area contributed by atoms with Crippen LogP contribution in [0.15, 0.2) is 0 Å². The molecular weight excluding hydrogens is 359 g/mol. The Morgan fingerprint density at radius 1 is 0.880 bits per heavy atom. The first-order chi connectivity index (χ1) is 11.2. The van der Waals surface area contributed by atoms with Crippen molar-refractivity contribution in [1.29, 1.82) is 0 Å². The van der Waals surface area contributed by atoms with Crippen LogP contribution in [0.4, 0.5) is 0 Å². The first-order valence-corrected chi connectivity index (χ1v) is 10.0. The second-order valence-electron chi connectivity index (χ2n) is 6.28. The maximum atomic E-state index is 11.4. The fourth-order valence-corrected chi connectivity index (χ4v) is 3.67. The van der Waals surface area contributed by atoms with E-state index in [1.165, 1.54) is 25.7 Å². The molecule has 9 heteroatoms. The summed E-state index contributed by atoms with van der Waals surface area (Å²) in [7, 11) is -5.01. The summed E-state index contributed by atoms with van der Waals surface area (Å²) in [5, 5.41) is 17.9. The predicted octanol–water partition coefficient (Wildman–Crippen LogP) is 0.600. The van der Waals surface area contributed by atoms with Crippen LogP contribution in [0, 0.1) is 0 Å². The maximum Gasteiger partial charge on any atom is 1.00 e. The van der Waals surface area contributed by atoms with Crippen LogP contribution in [-0.2, 0) is 19.7 Å². The quantitative estimate of drug-likeness (QED) is 0.212. The van der Waals surface area contributed by atoms with E-state index in [-0.39, 0.29) is 37.4 Å². The topological polar surface area (TPSA) is 129 Å². The van der Waals surface area contributed by atoms with E-state index in [4.69, 9.17) is 10.2 Å². The van der Waals surface area contributed by atoms with E-state index in [1.807, 2.05) is 0 Å². The van der Waals surface area contributed by atoms with Crippen LogP contribution in [0.1, 0.15) is 85.4 Å². The van der Waals surface area contributed by atoms with Gasteiger partial charge in [-0.25, -0.2) is 0 Å². The standard InChI is InChI=1S/C16H30O7S.Na.H/c1-2-3-4-5-6-7-8-9-10-11-12-16(15(19)20,13-14(17)18)24(21,22)23;;/h2-13H2,1H3,(H,17,18)(H,19,20)(H,21,22,23);;/q;+1;-1. The number of carboxylic acids is 2. The largest absolute Gasteiger partial charge is 1.00 e. The second kappa shape index (κ2) is 14.0. The zero-order chi connectivity index (χ0) is 18.6. The SMILES string of the molecule is CCCCCCCCCCCCC(CC(=O)O)(C(=O)O)S(=O)(=O)O.[H-].[Na+]. The molecule has 0 rings (SSSR count). The van der Waals surface area contributed by atoms with E-state index in [1.54, 1.807) is 0 Å². The third-order valence-electron chi connectivity index (χ3n) is 4.25. The van der Waals surface area contributed by atoms with Crippen LogP contribution in [0.2, 0.25) is 0 Å². The molecule has 0 aliphatic carbocycles. The fourth-order valence-electron chi connectivity index (χ4n) is 2.74. The van der Waals surface area contributed by atoms with Gasteiger partial charge in [-0.3, -0.25) is 14.1 Å². The Morgan fingerprint density at radius 3 is 1.60 bits per heavy atom. The van der Waals surface area contributed by atoms with Crippen molar-refractivity contribution in [2.75, 3.05) is 0 Å². The molecule has 7 nitrogen and oxygen atoms in total. The van der Waals surface area contributed by atoms with Crippen molar-refractivity contribution in [1.82, 2.24) is 0 Å². The summed E-state index contributed by atoms with van der Waals surface area (Å²) in [6, 6.07) is 0. The molecule has 0 saturated carbocycles. The summed E-state index contributed by atoms with van der Waals surface area (Å²) < 4.78 is 29.4. The van der Waals surface area contributed by atoms with Crippen LogP contribution in [0.5, 0.6) is 0 Å². The zero-order valence-corrected chi connectivity index (χ0v) is 18.2. The van der Waals surface area contributed by atoms with Crippen molar-refractivity contribution in [3.05, 3.63) is 0 Å². The van der Waals surface area contributed by atoms with Crippen molar-refractivity contribution >= 4 is 22.1 Å². The van der Waals surface area contributed by atoms with Gasteiger partial charge in [-0.15, -0.1) is 0 Å². The Labute approximate surface area is 174 Å².